The molecule has 1 heterocycles. The van der Waals surface area contributed by atoms with Crippen LogP contribution in [-0.2, 0) is 9.53 Å². The number of aromatic nitrogens is 1. The number of esters is 1. The van der Waals surface area contributed by atoms with Gasteiger partial charge in [0.25, 0.3) is 11.6 Å². The van der Waals surface area contributed by atoms with Crippen molar-refractivity contribution in [2.45, 2.75) is 13.0 Å². The molecule has 8 nitrogen and oxygen atoms in total. The van der Waals surface area contributed by atoms with E-state index in [4.69, 9.17) is 16.3 Å². The highest BCUT2D eigenvalue weighted by molar-refractivity contribution is 6.30. The van der Waals surface area contributed by atoms with E-state index in [-0.39, 0.29) is 11.4 Å². The molecule has 0 saturated carbocycles. The van der Waals surface area contributed by atoms with E-state index >= 15 is 0 Å². The summed E-state index contributed by atoms with van der Waals surface area (Å²) in [5.74, 6) is -1.42. The van der Waals surface area contributed by atoms with Crippen LogP contribution in [0.1, 0.15) is 17.4 Å². The van der Waals surface area contributed by atoms with Crippen LogP contribution >= 0.6 is 11.6 Å². The van der Waals surface area contributed by atoms with Gasteiger partial charge in [-0.2, -0.15) is 0 Å². The van der Waals surface area contributed by atoms with Gasteiger partial charge in [-0.05, 0) is 25.1 Å². The highest BCUT2D eigenvalue weighted by atomic mass is 35.5. The van der Waals surface area contributed by atoms with E-state index in [0.29, 0.717) is 10.7 Å². The van der Waals surface area contributed by atoms with Gasteiger partial charge in [-0.25, -0.2) is 4.79 Å². The summed E-state index contributed by atoms with van der Waals surface area (Å²) in [5, 5.41) is 13.6. The van der Waals surface area contributed by atoms with Crippen molar-refractivity contribution in [1.29, 1.82) is 0 Å². The number of amides is 1. The molecular formula is C14H12ClN3O5. The molecule has 0 aliphatic carbocycles. The second kappa shape index (κ2) is 6.93. The number of anilines is 1. The molecule has 1 atom stereocenters. The van der Waals surface area contributed by atoms with Gasteiger partial charge in [0.15, 0.2) is 6.10 Å². The summed E-state index contributed by atoms with van der Waals surface area (Å²) < 4.78 is 4.96. The maximum Gasteiger partial charge on any atom is 0.355 e. The molecule has 120 valence electrons. The summed E-state index contributed by atoms with van der Waals surface area (Å²) in [5.41, 5.74) is 0.0769. The highest BCUT2D eigenvalue weighted by Gasteiger charge is 2.21. The number of ether oxygens (including phenoxy) is 1. The summed E-state index contributed by atoms with van der Waals surface area (Å²) in [6.07, 6.45) is -0.0309. The van der Waals surface area contributed by atoms with Crippen LogP contribution in [0.5, 0.6) is 0 Å². The summed E-state index contributed by atoms with van der Waals surface area (Å²) in [7, 11) is 0. The van der Waals surface area contributed by atoms with Crippen LogP contribution in [0, 0.1) is 10.1 Å². The average Bonchev–Trinajstić information content (AvgIpc) is 2.97. The lowest BCUT2D eigenvalue weighted by molar-refractivity contribution is -0.384. The largest absolute Gasteiger partial charge is 0.448 e. The zero-order valence-corrected chi connectivity index (χ0v) is 12.7. The minimum absolute atomic E-state index is 0.112. The van der Waals surface area contributed by atoms with Crippen LogP contribution in [0.15, 0.2) is 36.5 Å². The number of carbonyl (C=O) groups excluding carboxylic acids is 2. The van der Waals surface area contributed by atoms with E-state index < -0.39 is 22.9 Å². The van der Waals surface area contributed by atoms with E-state index in [2.05, 4.69) is 10.3 Å². The molecule has 1 aromatic heterocycles. The van der Waals surface area contributed by atoms with Gasteiger partial charge in [-0.1, -0.05) is 17.7 Å². The fourth-order valence-electron chi connectivity index (χ4n) is 1.69. The van der Waals surface area contributed by atoms with E-state index in [1.807, 2.05) is 0 Å². The third kappa shape index (κ3) is 4.30. The van der Waals surface area contributed by atoms with Gasteiger partial charge in [0.1, 0.15) is 5.69 Å². The summed E-state index contributed by atoms with van der Waals surface area (Å²) in [4.78, 5) is 36.1. The quantitative estimate of drug-likeness (QED) is 0.494. The van der Waals surface area contributed by atoms with Gasteiger partial charge < -0.3 is 15.0 Å². The van der Waals surface area contributed by atoms with Gasteiger partial charge in [0.2, 0.25) is 0 Å². The standard InChI is InChI=1S/C14H12ClN3O5/c1-8(13(19)17-10-4-2-3-9(15)5-10)23-14(20)12-6-11(7-16-12)18(21)22/h2-8,16H,1H3,(H,17,19)/t8-/m0/s1. The van der Waals surface area contributed by atoms with E-state index in [1.54, 1.807) is 24.3 Å². The lowest BCUT2D eigenvalue weighted by Gasteiger charge is -2.13. The summed E-state index contributed by atoms with van der Waals surface area (Å²) in [6.45, 7) is 1.38. The number of nitro groups is 1. The zero-order chi connectivity index (χ0) is 17.0. The monoisotopic (exact) mass is 337 g/mol. The molecular weight excluding hydrogens is 326 g/mol. The van der Waals surface area contributed by atoms with Crippen molar-refractivity contribution < 1.29 is 19.2 Å². The normalized spacial score (nSPS) is 11.6. The van der Waals surface area contributed by atoms with Crippen LogP contribution in [0.3, 0.4) is 0 Å². The second-order valence-electron chi connectivity index (χ2n) is 4.58. The van der Waals surface area contributed by atoms with Gasteiger partial charge in [-0.15, -0.1) is 0 Å². The van der Waals surface area contributed by atoms with Crippen LogP contribution in [-0.4, -0.2) is 27.9 Å². The van der Waals surface area contributed by atoms with Gasteiger partial charge >= 0.3 is 5.97 Å². The molecule has 0 radical (unpaired) electrons. The van der Waals surface area contributed by atoms with Crippen molar-refractivity contribution in [2.75, 3.05) is 5.32 Å². The number of halogens is 1. The van der Waals surface area contributed by atoms with Crippen molar-refractivity contribution in [3.05, 3.63) is 57.4 Å². The SMILES string of the molecule is C[C@H](OC(=O)c1cc([N+](=O)[O-])c[nH]1)C(=O)Nc1cccc(Cl)c1. The Morgan fingerprint density at radius 1 is 1.39 bits per heavy atom. The molecule has 0 spiro atoms. The fourth-order valence-corrected chi connectivity index (χ4v) is 1.88. The molecule has 23 heavy (non-hydrogen) atoms. The maximum absolute atomic E-state index is 12.0. The number of H-pyrrole nitrogens is 1. The molecule has 1 amide bonds. The second-order valence-corrected chi connectivity index (χ2v) is 5.01. The Morgan fingerprint density at radius 2 is 2.13 bits per heavy atom. The van der Waals surface area contributed by atoms with Crippen molar-refractivity contribution >= 4 is 34.9 Å². The number of nitrogens with one attached hydrogen (secondary N) is 2. The minimum atomic E-state index is -1.09. The lowest BCUT2D eigenvalue weighted by atomic mass is 10.3. The molecule has 1 aromatic carbocycles. The third-order valence-electron chi connectivity index (χ3n) is 2.84. The number of rotatable bonds is 5. The van der Waals surface area contributed by atoms with E-state index in [0.717, 1.165) is 12.3 Å². The number of benzene rings is 1. The first kappa shape index (κ1) is 16.5. The zero-order valence-electron chi connectivity index (χ0n) is 11.9. The summed E-state index contributed by atoms with van der Waals surface area (Å²) >= 11 is 5.80. The first-order chi connectivity index (χ1) is 10.9. The van der Waals surface area contributed by atoms with Crippen LogP contribution in [0.25, 0.3) is 0 Å². The Bertz CT molecular complexity index is 758. The molecule has 0 saturated heterocycles. The Labute approximate surface area is 135 Å². The Kier molecular flexibility index (Phi) is 4.97. The van der Waals surface area contributed by atoms with Crippen molar-refractivity contribution in [2.24, 2.45) is 0 Å². The predicted octanol–water partition coefficient (Wildman–Crippen LogP) is 2.76. The fraction of sp³-hybridized carbons (Fsp3) is 0.143. The predicted molar refractivity (Wildman–Crippen MR) is 82.4 cm³/mol. The molecule has 0 aliphatic heterocycles. The summed E-state index contributed by atoms with van der Waals surface area (Å²) in [6, 6.07) is 7.52. The minimum Gasteiger partial charge on any atom is -0.448 e. The number of nitrogens with zero attached hydrogens (tertiary/aromatic N) is 1. The number of hydrogen-bond donors (Lipinski definition) is 2. The topological polar surface area (TPSA) is 114 Å². The van der Waals surface area contributed by atoms with Crippen molar-refractivity contribution in [3.8, 4) is 0 Å². The molecule has 0 aliphatic rings. The van der Waals surface area contributed by atoms with E-state index in [1.165, 1.54) is 6.92 Å². The molecule has 2 N–H and O–H groups in total. The van der Waals surface area contributed by atoms with Crippen LogP contribution in [0.4, 0.5) is 11.4 Å². The Balaban J connectivity index is 1.97. The third-order valence-corrected chi connectivity index (χ3v) is 3.08. The smallest absolute Gasteiger partial charge is 0.355 e. The first-order valence-electron chi connectivity index (χ1n) is 6.47. The average molecular weight is 338 g/mol. The lowest BCUT2D eigenvalue weighted by Crippen LogP contribution is -2.30. The molecule has 9 heteroatoms. The van der Waals surface area contributed by atoms with Crippen LogP contribution in [0.2, 0.25) is 5.02 Å². The number of hydrogen-bond acceptors (Lipinski definition) is 5. The number of aromatic amines is 1. The van der Waals surface area contributed by atoms with Gasteiger partial charge in [0, 0.05) is 16.8 Å². The Morgan fingerprint density at radius 3 is 2.74 bits per heavy atom. The molecule has 0 unspecified atom stereocenters. The molecule has 0 bridgehead atoms. The van der Waals surface area contributed by atoms with Crippen molar-refractivity contribution in [3.63, 3.8) is 0 Å². The molecule has 2 rings (SSSR count). The van der Waals surface area contributed by atoms with Crippen molar-refractivity contribution in [1.82, 2.24) is 4.98 Å². The van der Waals surface area contributed by atoms with Gasteiger partial charge in [0.05, 0.1) is 11.1 Å². The molecule has 2 aromatic rings. The maximum atomic E-state index is 12.0. The Hall–Kier alpha value is -2.87. The molecule has 0 fully saturated rings. The van der Waals surface area contributed by atoms with Crippen LogP contribution < -0.4 is 5.32 Å². The number of carbonyl (C=O) groups is 2. The van der Waals surface area contributed by atoms with Gasteiger partial charge in [-0.3, -0.25) is 14.9 Å². The highest BCUT2D eigenvalue weighted by Crippen LogP contribution is 2.16. The van der Waals surface area contributed by atoms with E-state index in [9.17, 15) is 19.7 Å². The first-order valence-corrected chi connectivity index (χ1v) is 6.85.